The maximum absolute atomic E-state index is 5.77. The average Bonchev–Trinajstić information content (AvgIpc) is 2.86. The number of hydrogen-bond donors (Lipinski definition) is 1. The molecule has 0 aliphatic heterocycles. The third kappa shape index (κ3) is 3.81. The van der Waals surface area contributed by atoms with Crippen LogP contribution in [-0.4, -0.2) is 16.7 Å². The summed E-state index contributed by atoms with van der Waals surface area (Å²) in [5, 5.41) is 3.90. The first-order valence-electron chi connectivity index (χ1n) is 6.96. The van der Waals surface area contributed by atoms with E-state index in [1.54, 1.807) is 0 Å². The lowest BCUT2D eigenvalue weighted by atomic mass is 10.1. The predicted molar refractivity (Wildman–Crippen MR) is 76.6 cm³/mol. The van der Waals surface area contributed by atoms with Gasteiger partial charge in [-0.25, -0.2) is 0 Å². The van der Waals surface area contributed by atoms with Crippen LogP contribution in [0.5, 0.6) is 5.75 Å². The standard InChI is InChI=1S/C15H21N3O2/c1-3-4-14-17-15(20-18-14)10-19-13-6-5-11(2)9-12(13)7-8-16/h5-6,9H,3-4,7-8,10,16H2,1-2H3. The lowest BCUT2D eigenvalue weighted by Crippen LogP contribution is -2.06. The van der Waals surface area contributed by atoms with Gasteiger partial charge in [0.05, 0.1) is 0 Å². The number of hydrogen-bond acceptors (Lipinski definition) is 5. The van der Waals surface area contributed by atoms with Gasteiger partial charge in [-0.15, -0.1) is 0 Å². The van der Waals surface area contributed by atoms with Gasteiger partial charge in [0, 0.05) is 6.42 Å². The first kappa shape index (κ1) is 14.5. The Hall–Kier alpha value is -1.88. The number of benzene rings is 1. The summed E-state index contributed by atoms with van der Waals surface area (Å²) in [6.45, 7) is 5.02. The van der Waals surface area contributed by atoms with Crippen LogP contribution in [-0.2, 0) is 19.4 Å². The highest BCUT2D eigenvalue weighted by Gasteiger charge is 2.08. The van der Waals surface area contributed by atoms with Crippen molar-refractivity contribution in [2.45, 2.75) is 39.7 Å². The van der Waals surface area contributed by atoms with E-state index in [0.717, 1.165) is 36.4 Å². The van der Waals surface area contributed by atoms with Crippen molar-refractivity contribution in [3.05, 3.63) is 41.0 Å². The first-order chi connectivity index (χ1) is 9.72. The second-order valence-electron chi connectivity index (χ2n) is 4.79. The quantitative estimate of drug-likeness (QED) is 0.840. The predicted octanol–water partition coefficient (Wildman–Crippen LogP) is 2.41. The average molecular weight is 275 g/mol. The minimum Gasteiger partial charge on any atom is -0.483 e. The van der Waals surface area contributed by atoms with Crippen LogP contribution in [0.4, 0.5) is 0 Å². The Balaban J connectivity index is 2.02. The van der Waals surface area contributed by atoms with Gasteiger partial charge in [-0.2, -0.15) is 4.98 Å². The lowest BCUT2D eigenvalue weighted by molar-refractivity contribution is 0.240. The smallest absolute Gasteiger partial charge is 0.264 e. The van der Waals surface area contributed by atoms with E-state index in [-0.39, 0.29) is 6.61 Å². The second-order valence-corrected chi connectivity index (χ2v) is 4.79. The molecule has 2 aromatic rings. The van der Waals surface area contributed by atoms with Crippen molar-refractivity contribution < 1.29 is 9.26 Å². The summed E-state index contributed by atoms with van der Waals surface area (Å²) in [6, 6.07) is 6.08. The summed E-state index contributed by atoms with van der Waals surface area (Å²) < 4.78 is 10.9. The summed E-state index contributed by atoms with van der Waals surface area (Å²) in [7, 11) is 0. The van der Waals surface area contributed by atoms with Crippen molar-refractivity contribution in [2.75, 3.05) is 6.54 Å². The zero-order chi connectivity index (χ0) is 14.4. The molecule has 1 aromatic heterocycles. The van der Waals surface area contributed by atoms with E-state index in [0.29, 0.717) is 12.4 Å². The molecule has 0 amide bonds. The maximum Gasteiger partial charge on any atom is 0.264 e. The van der Waals surface area contributed by atoms with E-state index in [1.165, 1.54) is 5.56 Å². The van der Waals surface area contributed by atoms with Crippen molar-refractivity contribution in [3.8, 4) is 5.75 Å². The number of rotatable bonds is 7. The molecule has 0 spiro atoms. The molecule has 0 saturated heterocycles. The largest absolute Gasteiger partial charge is 0.483 e. The maximum atomic E-state index is 5.77. The number of nitrogens with zero attached hydrogens (tertiary/aromatic N) is 2. The number of aryl methyl sites for hydroxylation is 2. The summed E-state index contributed by atoms with van der Waals surface area (Å²) in [6.07, 6.45) is 2.62. The van der Waals surface area contributed by atoms with E-state index in [1.807, 2.05) is 12.1 Å². The zero-order valence-electron chi connectivity index (χ0n) is 12.1. The van der Waals surface area contributed by atoms with Crippen LogP contribution in [0.2, 0.25) is 0 Å². The molecular formula is C15H21N3O2. The number of ether oxygens (including phenoxy) is 1. The van der Waals surface area contributed by atoms with E-state index < -0.39 is 0 Å². The third-order valence-corrected chi connectivity index (χ3v) is 2.96. The molecular weight excluding hydrogens is 254 g/mol. The van der Waals surface area contributed by atoms with Gasteiger partial charge in [0.15, 0.2) is 12.4 Å². The van der Waals surface area contributed by atoms with Crippen LogP contribution in [0.1, 0.15) is 36.2 Å². The highest BCUT2D eigenvalue weighted by molar-refractivity contribution is 5.37. The molecule has 20 heavy (non-hydrogen) atoms. The van der Waals surface area contributed by atoms with Gasteiger partial charge in [0.25, 0.3) is 5.89 Å². The van der Waals surface area contributed by atoms with E-state index in [4.69, 9.17) is 15.0 Å². The number of nitrogens with two attached hydrogens (primary N) is 1. The molecule has 1 aromatic carbocycles. The van der Waals surface area contributed by atoms with E-state index in [2.05, 4.69) is 30.1 Å². The SMILES string of the molecule is CCCc1noc(COc2ccc(C)cc2CCN)n1. The van der Waals surface area contributed by atoms with Gasteiger partial charge in [0.1, 0.15) is 5.75 Å². The topological polar surface area (TPSA) is 74.2 Å². The van der Waals surface area contributed by atoms with Crippen molar-refractivity contribution >= 4 is 0 Å². The Morgan fingerprint density at radius 2 is 2.15 bits per heavy atom. The van der Waals surface area contributed by atoms with Crippen molar-refractivity contribution in [3.63, 3.8) is 0 Å². The molecule has 0 saturated carbocycles. The van der Waals surface area contributed by atoms with Crippen LogP contribution in [0.25, 0.3) is 0 Å². The van der Waals surface area contributed by atoms with Crippen molar-refractivity contribution in [1.29, 1.82) is 0 Å². The highest BCUT2D eigenvalue weighted by Crippen LogP contribution is 2.21. The van der Waals surface area contributed by atoms with Gasteiger partial charge >= 0.3 is 0 Å². The Morgan fingerprint density at radius 1 is 1.30 bits per heavy atom. The summed E-state index contributed by atoms with van der Waals surface area (Å²) >= 11 is 0. The molecule has 5 heteroatoms. The molecule has 1 heterocycles. The fraction of sp³-hybridized carbons (Fsp3) is 0.467. The van der Waals surface area contributed by atoms with Crippen LogP contribution in [0.15, 0.2) is 22.7 Å². The summed E-state index contributed by atoms with van der Waals surface area (Å²) in [4.78, 5) is 4.28. The second kappa shape index (κ2) is 7.05. The summed E-state index contributed by atoms with van der Waals surface area (Å²) in [5.41, 5.74) is 7.94. The third-order valence-electron chi connectivity index (χ3n) is 2.96. The van der Waals surface area contributed by atoms with Gasteiger partial charge in [-0.3, -0.25) is 0 Å². The molecule has 0 fully saturated rings. The number of aromatic nitrogens is 2. The Bertz CT molecular complexity index is 552. The van der Waals surface area contributed by atoms with Crippen LogP contribution in [0.3, 0.4) is 0 Å². The molecule has 0 unspecified atom stereocenters. The first-order valence-corrected chi connectivity index (χ1v) is 6.96. The molecule has 0 radical (unpaired) electrons. The minimum absolute atomic E-state index is 0.289. The highest BCUT2D eigenvalue weighted by atomic mass is 16.5. The van der Waals surface area contributed by atoms with Crippen LogP contribution in [0, 0.1) is 6.92 Å². The van der Waals surface area contributed by atoms with E-state index in [9.17, 15) is 0 Å². The van der Waals surface area contributed by atoms with Gasteiger partial charge < -0.3 is 15.0 Å². The van der Waals surface area contributed by atoms with E-state index >= 15 is 0 Å². The summed E-state index contributed by atoms with van der Waals surface area (Å²) in [5.74, 6) is 2.07. The fourth-order valence-electron chi connectivity index (χ4n) is 2.01. The fourth-order valence-corrected chi connectivity index (χ4v) is 2.01. The molecule has 5 nitrogen and oxygen atoms in total. The van der Waals surface area contributed by atoms with Crippen molar-refractivity contribution in [2.24, 2.45) is 5.73 Å². The molecule has 2 rings (SSSR count). The molecule has 0 atom stereocenters. The zero-order valence-corrected chi connectivity index (χ0v) is 12.1. The molecule has 108 valence electrons. The van der Waals surface area contributed by atoms with Gasteiger partial charge in [-0.05, 0) is 37.9 Å². The molecule has 0 aliphatic carbocycles. The normalized spacial score (nSPS) is 10.8. The van der Waals surface area contributed by atoms with Crippen LogP contribution < -0.4 is 10.5 Å². The molecule has 2 N–H and O–H groups in total. The van der Waals surface area contributed by atoms with Crippen molar-refractivity contribution in [1.82, 2.24) is 10.1 Å². The van der Waals surface area contributed by atoms with Gasteiger partial charge in [0.2, 0.25) is 0 Å². The van der Waals surface area contributed by atoms with Gasteiger partial charge in [-0.1, -0.05) is 29.8 Å². The molecule has 0 aliphatic rings. The Kier molecular flexibility index (Phi) is 5.12. The lowest BCUT2D eigenvalue weighted by Gasteiger charge is -2.10. The van der Waals surface area contributed by atoms with Crippen LogP contribution >= 0.6 is 0 Å². The minimum atomic E-state index is 0.289. The Morgan fingerprint density at radius 3 is 2.90 bits per heavy atom. The Labute approximate surface area is 119 Å². The monoisotopic (exact) mass is 275 g/mol. The molecule has 0 bridgehead atoms.